The van der Waals surface area contributed by atoms with Gasteiger partial charge in [0.25, 0.3) is 0 Å². The molecule has 4 amide bonds. The van der Waals surface area contributed by atoms with Gasteiger partial charge in [-0.2, -0.15) is 0 Å². The van der Waals surface area contributed by atoms with Crippen LogP contribution in [0.3, 0.4) is 0 Å². The summed E-state index contributed by atoms with van der Waals surface area (Å²) in [5.74, 6) is -2.01. The molecule has 0 saturated carbocycles. The molecule has 0 fully saturated rings. The molecule has 6 N–H and O–H groups in total. The molecule has 0 radical (unpaired) electrons. The minimum Gasteiger partial charge on any atom is -0.338 e. The molecular formula is C23H58N6O4. The van der Waals surface area contributed by atoms with Crippen LogP contribution in [0, 0.1) is 0 Å². The molecule has 33 heavy (non-hydrogen) atoms. The second kappa shape index (κ2) is 19.3. The largest absolute Gasteiger partial charge is 0.338 e. The molecule has 0 aliphatic rings. The van der Waals surface area contributed by atoms with Crippen LogP contribution in [0.5, 0.6) is 0 Å². The van der Waals surface area contributed by atoms with Gasteiger partial charge in [-0.3, -0.25) is 29.8 Å². The zero-order valence-electron chi connectivity index (χ0n) is 17.5. The summed E-state index contributed by atoms with van der Waals surface area (Å²) in [6, 6.07) is 0. The van der Waals surface area contributed by atoms with Crippen LogP contribution in [0.4, 0.5) is 0 Å². The molecule has 0 rings (SSSR count). The minimum absolute atomic E-state index is 0. The van der Waals surface area contributed by atoms with Crippen LogP contribution in [0.25, 0.3) is 0 Å². The van der Waals surface area contributed by atoms with E-state index in [9.17, 15) is 19.2 Å². The third kappa shape index (κ3) is 22.8. The minimum atomic E-state index is -1.12. The highest BCUT2D eigenvalue weighted by Crippen LogP contribution is 2.01. The van der Waals surface area contributed by atoms with Gasteiger partial charge in [-0.15, -0.1) is 0 Å². The summed E-state index contributed by atoms with van der Waals surface area (Å²) >= 11 is 0. The topological polar surface area (TPSA) is 140 Å². The number of carbonyl (C=O) groups excluding carboxylic acids is 4. The summed E-state index contributed by atoms with van der Waals surface area (Å²) in [4.78, 5) is 47.9. The summed E-state index contributed by atoms with van der Waals surface area (Å²) in [6.07, 6.45) is -0.775. The summed E-state index contributed by atoms with van der Waals surface area (Å²) in [6.45, 7) is 10.2. The number of rotatable bonds is 10. The monoisotopic (exact) mass is 482 g/mol. The lowest BCUT2D eigenvalue weighted by molar-refractivity contribution is -0.132. The fourth-order valence-electron chi connectivity index (χ4n) is 2.02. The van der Waals surface area contributed by atoms with E-state index < -0.39 is 40.6 Å². The molecule has 0 atom stereocenters. The lowest BCUT2D eigenvalue weighted by Crippen LogP contribution is -2.59. The highest BCUT2D eigenvalue weighted by atomic mass is 16.2. The third-order valence-electron chi connectivity index (χ3n) is 3.70. The molecule has 0 aromatic heterocycles. The summed E-state index contributed by atoms with van der Waals surface area (Å²) in [5.41, 5.74) is -2.41. The van der Waals surface area contributed by atoms with Crippen molar-refractivity contribution < 1.29 is 19.2 Å². The molecular weight excluding hydrogens is 424 g/mol. The van der Waals surface area contributed by atoms with Crippen LogP contribution in [0.2, 0.25) is 0 Å². The maximum absolute atomic E-state index is 12.0. The number of hydrogen-bond donors (Lipinski definition) is 6. The van der Waals surface area contributed by atoms with E-state index in [1.807, 2.05) is 0 Å². The Kier molecular flexibility index (Phi) is 28.2. The molecule has 0 bridgehead atoms. The van der Waals surface area contributed by atoms with Gasteiger partial charge < -0.3 is 21.3 Å². The van der Waals surface area contributed by atoms with Crippen molar-refractivity contribution in [3.05, 3.63) is 0 Å². The summed E-state index contributed by atoms with van der Waals surface area (Å²) < 4.78 is 0. The lowest BCUT2D eigenvalue weighted by Gasteiger charge is -2.29. The van der Waals surface area contributed by atoms with Crippen molar-refractivity contribution in [1.29, 1.82) is 0 Å². The molecule has 0 spiro atoms. The van der Waals surface area contributed by atoms with E-state index in [1.165, 1.54) is 0 Å². The Morgan fingerprint density at radius 1 is 0.455 bits per heavy atom. The molecule has 0 saturated heterocycles. The first kappa shape index (κ1) is 48.3. The number of hydrogen-bond acceptors (Lipinski definition) is 6. The van der Waals surface area contributed by atoms with E-state index in [1.54, 1.807) is 55.6 Å². The fourth-order valence-corrected chi connectivity index (χ4v) is 2.02. The van der Waals surface area contributed by atoms with E-state index in [0.29, 0.717) is 0 Å². The van der Waals surface area contributed by atoms with Gasteiger partial charge in [0, 0.05) is 0 Å². The molecule has 0 aromatic rings. The Morgan fingerprint density at radius 2 is 0.636 bits per heavy atom. The highest BCUT2D eigenvalue weighted by molar-refractivity contribution is 5.99. The summed E-state index contributed by atoms with van der Waals surface area (Å²) in [7, 11) is 3.37. The quantitative estimate of drug-likeness (QED) is 0.209. The maximum Gasteiger partial charge on any atom is 0.231 e. The van der Waals surface area contributed by atoms with Crippen molar-refractivity contribution in [3.63, 3.8) is 0 Å². The van der Waals surface area contributed by atoms with Crippen molar-refractivity contribution in [3.8, 4) is 0 Å². The lowest BCUT2D eigenvalue weighted by atomic mass is 10.2. The molecule has 204 valence electrons. The normalized spacial score (nSPS) is 9.94. The van der Waals surface area contributed by atoms with Gasteiger partial charge in [0.2, 0.25) is 23.6 Å². The van der Waals surface area contributed by atoms with Gasteiger partial charge >= 0.3 is 0 Å². The zero-order chi connectivity index (χ0) is 21.5. The zero-order valence-corrected chi connectivity index (χ0v) is 17.5. The van der Waals surface area contributed by atoms with E-state index in [4.69, 9.17) is 0 Å². The van der Waals surface area contributed by atoms with Gasteiger partial charge in [-0.05, 0) is 55.6 Å². The van der Waals surface area contributed by atoms with Gasteiger partial charge in [-0.1, -0.05) is 44.6 Å². The second-order valence-corrected chi connectivity index (χ2v) is 7.92. The predicted octanol–water partition coefficient (Wildman–Crippen LogP) is 2.70. The van der Waals surface area contributed by atoms with Crippen molar-refractivity contribution in [2.75, 3.05) is 14.1 Å². The van der Waals surface area contributed by atoms with Crippen LogP contribution in [-0.4, -0.2) is 54.7 Å². The third-order valence-corrected chi connectivity index (χ3v) is 3.70. The molecule has 0 aromatic carbocycles. The molecule has 0 aliphatic heterocycles. The molecule has 10 heteroatoms. The Balaban J connectivity index is -0.000000225. The van der Waals surface area contributed by atoms with Crippen LogP contribution < -0.4 is 31.9 Å². The predicted molar refractivity (Wildman–Crippen MR) is 143 cm³/mol. The van der Waals surface area contributed by atoms with Crippen molar-refractivity contribution in [1.82, 2.24) is 31.9 Å². The molecule has 0 aliphatic carbocycles. The van der Waals surface area contributed by atoms with Crippen LogP contribution in [0.1, 0.15) is 98.9 Å². The SMILES string of the molecule is C.C.C.C.C.C.CNC(C)(C)NC(=O)CC(=O)NC(C)(C)NC(=O)CC(=O)NC(C)(C)NC. The average Bonchev–Trinajstić information content (AvgIpc) is 2.43. The van der Waals surface area contributed by atoms with Crippen molar-refractivity contribution >= 4 is 23.6 Å². The maximum atomic E-state index is 12.0. The first-order valence-corrected chi connectivity index (χ1v) is 8.73. The number of carbonyl (C=O) groups is 4. The fraction of sp³-hybridized carbons (Fsp3) is 0.826. The van der Waals surface area contributed by atoms with Gasteiger partial charge in [0.15, 0.2) is 0 Å². The highest BCUT2D eigenvalue weighted by Gasteiger charge is 2.27. The van der Waals surface area contributed by atoms with Crippen LogP contribution >= 0.6 is 0 Å². The molecule has 0 heterocycles. The second-order valence-electron chi connectivity index (χ2n) is 7.92. The average molecular weight is 483 g/mol. The molecule has 10 nitrogen and oxygen atoms in total. The van der Waals surface area contributed by atoms with Gasteiger partial charge in [0.1, 0.15) is 18.5 Å². The smallest absolute Gasteiger partial charge is 0.231 e. The van der Waals surface area contributed by atoms with E-state index in [2.05, 4.69) is 31.9 Å². The van der Waals surface area contributed by atoms with E-state index in [0.717, 1.165) is 0 Å². The Morgan fingerprint density at radius 3 is 0.818 bits per heavy atom. The van der Waals surface area contributed by atoms with Crippen LogP contribution in [0.15, 0.2) is 0 Å². The Bertz CT molecular complexity index is 527. The van der Waals surface area contributed by atoms with Gasteiger partial charge in [-0.25, -0.2) is 0 Å². The first-order valence-electron chi connectivity index (χ1n) is 8.73. The van der Waals surface area contributed by atoms with E-state index >= 15 is 0 Å². The van der Waals surface area contributed by atoms with E-state index in [-0.39, 0.29) is 57.4 Å². The standard InChI is InChI=1S/C17H34N6O4.6CH4/c1-15(2,18-7)20-11(24)9-13(26)22-17(5,6)23-14(27)10-12(25)21-16(3,4)19-8;;;;;;/h18-19H,9-10H2,1-8H3,(H,20,24)(H,21,25)(H,22,26)(H,23,27);6*1H4. The molecule has 0 unspecified atom stereocenters. The van der Waals surface area contributed by atoms with Crippen molar-refractivity contribution in [2.24, 2.45) is 0 Å². The summed E-state index contributed by atoms with van der Waals surface area (Å²) in [5, 5.41) is 16.2. The van der Waals surface area contributed by atoms with Gasteiger partial charge in [0.05, 0.1) is 11.3 Å². The number of amides is 4. The van der Waals surface area contributed by atoms with Crippen LogP contribution in [-0.2, 0) is 19.2 Å². The first-order chi connectivity index (χ1) is 12.1. The Labute approximate surface area is 205 Å². The number of nitrogens with one attached hydrogen (secondary N) is 6. The van der Waals surface area contributed by atoms with Crippen molar-refractivity contribution in [2.45, 2.75) is 116 Å². The Hall–Kier alpha value is -2.20.